The first-order chi connectivity index (χ1) is 39.0. The lowest BCUT2D eigenvalue weighted by atomic mass is 10.0. The molecule has 448 valence electrons. The van der Waals surface area contributed by atoms with E-state index in [2.05, 4.69) is 154 Å². The van der Waals surface area contributed by atoms with Gasteiger partial charge in [-0.05, 0) is 128 Å². The predicted molar refractivity (Wildman–Crippen MR) is 343 cm³/mol. The molecule has 0 saturated carbocycles. The molecule has 0 aliphatic rings. The number of allylic oxidation sites excluding steroid dienone is 22. The molecule has 6 nitrogen and oxygen atoms in total. The highest BCUT2D eigenvalue weighted by Gasteiger charge is 2.19. The number of carbonyl (C=O) groups excluding carboxylic acids is 3. The van der Waals surface area contributed by atoms with Gasteiger partial charge in [0, 0.05) is 19.3 Å². The fourth-order valence-corrected chi connectivity index (χ4v) is 8.85. The molecule has 0 fully saturated rings. The van der Waals surface area contributed by atoms with Crippen LogP contribution in [0.15, 0.2) is 134 Å². The van der Waals surface area contributed by atoms with E-state index in [9.17, 15) is 14.4 Å². The minimum Gasteiger partial charge on any atom is -0.462 e. The van der Waals surface area contributed by atoms with E-state index in [1.807, 2.05) is 0 Å². The molecule has 6 heteroatoms. The van der Waals surface area contributed by atoms with Gasteiger partial charge in [-0.1, -0.05) is 276 Å². The largest absolute Gasteiger partial charge is 0.462 e. The molecule has 79 heavy (non-hydrogen) atoms. The highest BCUT2D eigenvalue weighted by molar-refractivity contribution is 5.71. The maximum absolute atomic E-state index is 12.9. The molecule has 0 aromatic carbocycles. The highest BCUT2D eigenvalue weighted by Crippen LogP contribution is 2.16. The Labute approximate surface area is 487 Å². The molecular weight excluding hydrogens is 973 g/mol. The Bertz CT molecular complexity index is 1680. The summed E-state index contributed by atoms with van der Waals surface area (Å²) in [5.74, 6) is -0.915. The van der Waals surface area contributed by atoms with Crippen LogP contribution in [0.4, 0.5) is 0 Å². The first-order valence-electron chi connectivity index (χ1n) is 32.7. The molecule has 0 aromatic heterocycles. The second kappa shape index (κ2) is 66.1. The van der Waals surface area contributed by atoms with Gasteiger partial charge in [-0.15, -0.1) is 0 Å². The minimum atomic E-state index is -0.796. The van der Waals surface area contributed by atoms with Crippen LogP contribution >= 0.6 is 0 Å². The summed E-state index contributed by atoms with van der Waals surface area (Å²) in [7, 11) is 0. The van der Waals surface area contributed by atoms with Crippen molar-refractivity contribution in [1.82, 2.24) is 0 Å². The highest BCUT2D eigenvalue weighted by atomic mass is 16.6. The maximum Gasteiger partial charge on any atom is 0.306 e. The fraction of sp³-hybridized carbons (Fsp3) is 0.658. The zero-order chi connectivity index (χ0) is 57.1. The van der Waals surface area contributed by atoms with Gasteiger partial charge in [0.2, 0.25) is 0 Å². The van der Waals surface area contributed by atoms with E-state index in [0.29, 0.717) is 19.3 Å². The van der Waals surface area contributed by atoms with E-state index in [4.69, 9.17) is 14.2 Å². The second-order valence-corrected chi connectivity index (χ2v) is 21.2. The third-order valence-electron chi connectivity index (χ3n) is 13.6. The van der Waals surface area contributed by atoms with Gasteiger partial charge in [0.15, 0.2) is 6.10 Å². The van der Waals surface area contributed by atoms with Crippen molar-refractivity contribution in [3.63, 3.8) is 0 Å². The van der Waals surface area contributed by atoms with Crippen molar-refractivity contribution in [3.8, 4) is 0 Å². The van der Waals surface area contributed by atoms with Crippen LogP contribution in [0.1, 0.15) is 290 Å². The summed E-state index contributed by atoms with van der Waals surface area (Å²) in [5.41, 5.74) is 0. The van der Waals surface area contributed by atoms with Gasteiger partial charge in [-0.3, -0.25) is 14.4 Å². The molecule has 0 radical (unpaired) electrons. The van der Waals surface area contributed by atoms with Crippen molar-refractivity contribution in [3.05, 3.63) is 134 Å². The molecule has 1 unspecified atom stereocenters. The first kappa shape index (κ1) is 74.5. The minimum absolute atomic E-state index is 0.0907. The molecule has 0 aliphatic carbocycles. The van der Waals surface area contributed by atoms with Crippen molar-refractivity contribution in [2.45, 2.75) is 297 Å². The Morgan fingerprint density at radius 2 is 0.456 bits per heavy atom. The van der Waals surface area contributed by atoms with Gasteiger partial charge >= 0.3 is 17.9 Å². The van der Waals surface area contributed by atoms with Crippen LogP contribution in [0.2, 0.25) is 0 Å². The predicted octanol–water partition coefficient (Wildman–Crippen LogP) is 22.5. The van der Waals surface area contributed by atoms with Crippen molar-refractivity contribution in [1.29, 1.82) is 0 Å². The molecule has 0 saturated heterocycles. The normalized spacial score (nSPS) is 13.0. The van der Waals surface area contributed by atoms with Gasteiger partial charge < -0.3 is 14.2 Å². The van der Waals surface area contributed by atoms with Crippen LogP contribution in [0.25, 0.3) is 0 Å². The molecular formula is C73H120O6. The average molecular weight is 1090 g/mol. The number of ether oxygens (including phenoxy) is 3. The van der Waals surface area contributed by atoms with Gasteiger partial charge in [0.25, 0.3) is 0 Å². The van der Waals surface area contributed by atoms with Crippen LogP contribution in [-0.2, 0) is 28.6 Å². The molecule has 0 rings (SSSR count). The van der Waals surface area contributed by atoms with E-state index >= 15 is 0 Å². The van der Waals surface area contributed by atoms with Crippen LogP contribution < -0.4 is 0 Å². The summed E-state index contributed by atoms with van der Waals surface area (Å²) in [4.78, 5) is 38.3. The molecule has 0 bridgehead atoms. The Morgan fingerprint density at radius 1 is 0.253 bits per heavy atom. The Kier molecular flexibility index (Phi) is 62.3. The van der Waals surface area contributed by atoms with Crippen molar-refractivity contribution in [2.24, 2.45) is 0 Å². The number of esters is 3. The zero-order valence-electron chi connectivity index (χ0n) is 51.3. The lowest BCUT2D eigenvalue weighted by molar-refractivity contribution is -0.167. The van der Waals surface area contributed by atoms with Crippen LogP contribution in [0.5, 0.6) is 0 Å². The lowest BCUT2D eigenvalue weighted by Gasteiger charge is -2.18. The van der Waals surface area contributed by atoms with Crippen molar-refractivity contribution in [2.75, 3.05) is 13.2 Å². The number of unbranched alkanes of at least 4 members (excludes halogenated alkanes) is 25. The molecule has 0 spiro atoms. The molecule has 0 amide bonds. The summed E-state index contributed by atoms with van der Waals surface area (Å²) in [6, 6.07) is 0. The van der Waals surface area contributed by atoms with Crippen molar-refractivity contribution >= 4 is 17.9 Å². The number of rotatable bonds is 58. The quantitative estimate of drug-likeness (QED) is 0.0261. The smallest absolute Gasteiger partial charge is 0.306 e. The summed E-state index contributed by atoms with van der Waals surface area (Å²) in [6.07, 6.45) is 93.2. The van der Waals surface area contributed by atoms with Gasteiger partial charge in [-0.2, -0.15) is 0 Å². The van der Waals surface area contributed by atoms with Crippen LogP contribution in [0, 0.1) is 0 Å². The van der Waals surface area contributed by atoms with Gasteiger partial charge in [0.1, 0.15) is 13.2 Å². The third kappa shape index (κ3) is 64.3. The Morgan fingerprint density at radius 3 is 0.709 bits per heavy atom. The number of hydrogen-bond acceptors (Lipinski definition) is 6. The van der Waals surface area contributed by atoms with Crippen molar-refractivity contribution < 1.29 is 28.6 Å². The van der Waals surface area contributed by atoms with Crippen LogP contribution in [0.3, 0.4) is 0 Å². The average Bonchev–Trinajstić information content (AvgIpc) is 3.45. The third-order valence-corrected chi connectivity index (χ3v) is 13.6. The van der Waals surface area contributed by atoms with E-state index < -0.39 is 6.10 Å². The SMILES string of the molecule is CC/C=C\C/C=C\C/C=C\C/C=C\C/C=C\CCCCCCCCCCCCCCCC(=O)OCC(COC(=O)CCCCCCC/C=C\C/C=C\C/C=C\CC)OC(=O)CCCCCCCCC/C=C\C/C=C\C/C=C\CC. The fourth-order valence-electron chi connectivity index (χ4n) is 8.85. The number of hydrogen-bond donors (Lipinski definition) is 0. The Hall–Kier alpha value is -4.45. The molecule has 0 N–H and O–H groups in total. The summed E-state index contributed by atoms with van der Waals surface area (Å²) in [5, 5.41) is 0. The number of carbonyl (C=O) groups is 3. The lowest BCUT2D eigenvalue weighted by Crippen LogP contribution is -2.30. The summed E-state index contributed by atoms with van der Waals surface area (Å²) >= 11 is 0. The van der Waals surface area contributed by atoms with Gasteiger partial charge in [0.05, 0.1) is 0 Å². The Balaban J connectivity index is 4.31. The summed E-state index contributed by atoms with van der Waals surface area (Å²) in [6.45, 7) is 6.29. The van der Waals surface area contributed by atoms with E-state index in [1.54, 1.807) is 0 Å². The van der Waals surface area contributed by atoms with Gasteiger partial charge in [-0.25, -0.2) is 0 Å². The summed E-state index contributed by atoms with van der Waals surface area (Å²) < 4.78 is 16.9. The topological polar surface area (TPSA) is 78.9 Å². The van der Waals surface area contributed by atoms with Crippen LogP contribution in [-0.4, -0.2) is 37.2 Å². The molecule has 0 heterocycles. The standard InChI is InChI=1S/C73H120O6/c1-4-7-10-13-16-19-22-25-28-30-31-32-33-34-35-36-37-38-39-40-41-43-45-48-51-54-57-60-63-66-72(75)78-69-70(68-77-71(74)65-62-59-56-53-50-47-44-27-24-21-18-15-12-9-6-3)79-73(76)67-64-61-58-55-52-49-46-42-29-26-23-20-17-14-11-8-5-2/h7-12,16-21,25-29,31-32,34-35,44,70H,4-6,13-15,22-24,30,33,36-43,45-69H2,1-3H3/b10-7-,11-8-,12-9-,19-16-,20-17-,21-18-,28-25-,29-26-,32-31-,35-34-,44-27-. The monoisotopic (exact) mass is 1090 g/mol. The zero-order valence-corrected chi connectivity index (χ0v) is 51.3. The van der Waals surface area contributed by atoms with E-state index in [1.165, 1.54) is 96.3 Å². The molecule has 0 aliphatic heterocycles. The van der Waals surface area contributed by atoms with E-state index in [0.717, 1.165) is 154 Å². The molecule has 1 atom stereocenters. The van der Waals surface area contributed by atoms with E-state index in [-0.39, 0.29) is 31.1 Å². The first-order valence-corrected chi connectivity index (χ1v) is 32.7. The second-order valence-electron chi connectivity index (χ2n) is 21.2. The maximum atomic E-state index is 12.9. The molecule has 0 aromatic rings.